The molecule has 6 heteroatoms. The molecule has 2 amide bonds. The summed E-state index contributed by atoms with van der Waals surface area (Å²) in [6, 6.07) is 0.224. The molecule has 0 aromatic rings. The third kappa shape index (κ3) is 4.63. The largest absolute Gasteiger partial charge is 0.343 e. The Kier molecular flexibility index (Phi) is 7.54. The van der Waals surface area contributed by atoms with E-state index in [9.17, 15) is 9.59 Å². The van der Waals surface area contributed by atoms with Gasteiger partial charge in [-0.15, -0.1) is 12.4 Å². The van der Waals surface area contributed by atoms with Crippen LogP contribution in [0.1, 0.15) is 59.3 Å². The second kappa shape index (κ2) is 8.52. The lowest BCUT2D eigenvalue weighted by Gasteiger charge is -2.42. The summed E-state index contributed by atoms with van der Waals surface area (Å²) in [7, 11) is 1.87. The maximum absolute atomic E-state index is 12.8. The van der Waals surface area contributed by atoms with Crippen LogP contribution in [0.25, 0.3) is 0 Å². The SMILES string of the molecule is CC(C)N(C)C(=O)C1CCN(C(=O)C2CCCCC2(C)N)CC1.Cl. The molecule has 0 radical (unpaired) electrons. The van der Waals surface area contributed by atoms with E-state index < -0.39 is 0 Å². The average molecular weight is 360 g/mol. The number of halogens is 1. The number of hydrogen-bond acceptors (Lipinski definition) is 3. The molecule has 1 heterocycles. The maximum atomic E-state index is 12.8. The lowest BCUT2D eigenvalue weighted by Crippen LogP contribution is -2.55. The van der Waals surface area contributed by atoms with Gasteiger partial charge in [0.25, 0.3) is 0 Å². The predicted octanol–water partition coefficient (Wildman–Crippen LogP) is 2.42. The molecule has 140 valence electrons. The van der Waals surface area contributed by atoms with Gasteiger partial charge in [0.2, 0.25) is 11.8 Å². The zero-order chi connectivity index (χ0) is 17.2. The molecule has 0 aromatic heterocycles. The number of nitrogens with zero attached hydrogens (tertiary/aromatic N) is 2. The molecule has 0 aromatic carbocycles. The third-order valence-corrected chi connectivity index (χ3v) is 5.83. The smallest absolute Gasteiger partial charge is 0.227 e. The Labute approximate surface area is 152 Å². The van der Waals surface area contributed by atoms with Gasteiger partial charge in [-0.25, -0.2) is 0 Å². The molecule has 2 aliphatic rings. The number of piperidine rings is 1. The Balaban J connectivity index is 0.00000288. The molecule has 2 unspecified atom stereocenters. The molecule has 24 heavy (non-hydrogen) atoms. The van der Waals surface area contributed by atoms with Crippen molar-refractivity contribution >= 4 is 24.2 Å². The van der Waals surface area contributed by atoms with E-state index in [2.05, 4.69) is 0 Å². The molecular formula is C18H34ClN3O2. The lowest BCUT2D eigenvalue weighted by atomic mass is 9.73. The van der Waals surface area contributed by atoms with Crippen LogP contribution in [0.15, 0.2) is 0 Å². The van der Waals surface area contributed by atoms with Crippen molar-refractivity contribution in [3.8, 4) is 0 Å². The highest BCUT2D eigenvalue weighted by atomic mass is 35.5. The van der Waals surface area contributed by atoms with E-state index in [4.69, 9.17) is 5.73 Å². The van der Waals surface area contributed by atoms with Crippen molar-refractivity contribution in [2.75, 3.05) is 20.1 Å². The molecule has 2 N–H and O–H groups in total. The van der Waals surface area contributed by atoms with Gasteiger partial charge in [0.05, 0.1) is 5.92 Å². The Hall–Kier alpha value is -0.810. The summed E-state index contributed by atoms with van der Waals surface area (Å²) >= 11 is 0. The fourth-order valence-corrected chi connectivity index (χ4v) is 3.87. The van der Waals surface area contributed by atoms with Gasteiger partial charge >= 0.3 is 0 Å². The van der Waals surface area contributed by atoms with Crippen LogP contribution >= 0.6 is 12.4 Å². The van der Waals surface area contributed by atoms with Gasteiger partial charge in [-0.1, -0.05) is 12.8 Å². The number of likely N-dealkylation sites (tertiary alicyclic amines) is 1. The molecule has 5 nitrogen and oxygen atoms in total. The van der Waals surface area contributed by atoms with Crippen molar-refractivity contribution in [2.45, 2.75) is 70.9 Å². The molecule has 1 aliphatic heterocycles. The summed E-state index contributed by atoms with van der Waals surface area (Å²) in [6.45, 7) is 7.45. The van der Waals surface area contributed by atoms with Crippen molar-refractivity contribution in [3.63, 3.8) is 0 Å². The van der Waals surface area contributed by atoms with E-state index >= 15 is 0 Å². The van der Waals surface area contributed by atoms with Gasteiger partial charge in [-0.2, -0.15) is 0 Å². The normalized spacial score (nSPS) is 28.4. The Morgan fingerprint density at radius 3 is 2.25 bits per heavy atom. The number of carbonyl (C=O) groups is 2. The van der Waals surface area contributed by atoms with E-state index in [0.29, 0.717) is 13.1 Å². The van der Waals surface area contributed by atoms with Gasteiger partial charge in [0, 0.05) is 37.6 Å². The van der Waals surface area contributed by atoms with Gasteiger partial charge in [-0.05, 0) is 46.5 Å². The number of rotatable bonds is 3. The van der Waals surface area contributed by atoms with Crippen molar-refractivity contribution in [1.82, 2.24) is 9.80 Å². The fourth-order valence-electron chi connectivity index (χ4n) is 3.87. The minimum atomic E-state index is -0.375. The molecule has 1 aliphatic carbocycles. The number of carbonyl (C=O) groups excluding carboxylic acids is 2. The number of nitrogens with two attached hydrogens (primary N) is 1. The van der Waals surface area contributed by atoms with E-state index in [-0.39, 0.29) is 47.6 Å². The molecule has 0 spiro atoms. The lowest BCUT2D eigenvalue weighted by molar-refractivity contribution is -0.144. The van der Waals surface area contributed by atoms with E-state index in [1.54, 1.807) is 0 Å². The molecular weight excluding hydrogens is 326 g/mol. The van der Waals surface area contributed by atoms with E-state index in [1.165, 1.54) is 0 Å². The van der Waals surface area contributed by atoms with Crippen LogP contribution in [0.2, 0.25) is 0 Å². The van der Waals surface area contributed by atoms with Crippen molar-refractivity contribution in [2.24, 2.45) is 17.6 Å². The fraction of sp³-hybridized carbons (Fsp3) is 0.889. The van der Waals surface area contributed by atoms with E-state index in [1.807, 2.05) is 37.6 Å². The average Bonchev–Trinajstić information content (AvgIpc) is 2.52. The molecule has 0 bridgehead atoms. The van der Waals surface area contributed by atoms with Crippen LogP contribution in [-0.4, -0.2) is 53.3 Å². The highest BCUT2D eigenvalue weighted by Crippen LogP contribution is 2.34. The van der Waals surface area contributed by atoms with Crippen LogP contribution < -0.4 is 5.73 Å². The monoisotopic (exact) mass is 359 g/mol. The quantitative estimate of drug-likeness (QED) is 0.841. The summed E-state index contributed by atoms with van der Waals surface area (Å²) in [5.74, 6) is 0.426. The standard InChI is InChI=1S/C18H33N3O2.ClH/c1-13(2)20(4)16(22)14-8-11-21(12-9-14)17(23)15-7-5-6-10-18(15,3)19;/h13-15H,5-12,19H2,1-4H3;1H. The first-order valence-electron chi connectivity index (χ1n) is 9.08. The Morgan fingerprint density at radius 1 is 1.17 bits per heavy atom. The third-order valence-electron chi connectivity index (χ3n) is 5.83. The van der Waals surface area contributed by atoms with Crippen LogP contribution in [0.3, 0.4) is 0 Å². The minimum absolute atomic E-state index is 0. The number of amides is 2. The highest BCUT2D eigenvalue weighted by Gasteiger charge is 2.41. The summed E-state index contributed by atoms with van der Waals surface area (Å²) in [5, 5.41) is 0. The van der Waals surface area contributed by atoms with Crippen LogP contribution in [0.5, 0.6) is 0 Å². The summed E-state index contributed by atoms with van der Waals surface area (Å²) in [4.78, 5) is 29.0. The molecule has 1 saturated heterocycles. The zero-order valence-electron chi connectivity index (χ0n) is 15.6. The van der Waals surface area contributed by atoms with Crippen LogP contribution in [0.4, 0.5) is 0 Å². The minimum Gasteiger partial charge on any atom is -0.343 e. The van der Waals surface area contributed by atoms with Crippen LogP contribution in [0, 0.1) is 11.8 Å². The van der Waals surface area contributed by atoms with Gasteiger partial charge in [0.1, 0.15) is 0 Å². The molecule has 2 atom stereocenters. The number of hydrogen-bond donors (Lipinski definition) is 1. The summed E-state index contributed by atoms with van der Waals surface area (Å²) in [5.41, 5.74) is 5.99. The van der Waals surface area contributed by atoms with Crippen molar-refractivity contribution < 1.29 is 9.59 Å². The first-order chi connectivity index (χ1) is 10.7. The Morgan fingerprint density at radius 2 is 1.75 bits per heavy atom. The molecule has 2 rings (SSSR count). The zero-order valence-corrected chi connectivity index (χ0v) is 16.4. The first-order valence-corrected chi connectivity index (χ1v) is 9.08. The van der Waals surface area contributed by atoms with Gasteiger partial charge < -0.3 is 15.5 Å². The maximum Gasteiger partial charge on any atom is 0.227 e. The molecule has 1 saturated carbocycles. The van der Waals surface area contributed by atoms with Crippen molar-refractivity contribution in [3.05, 3.63) is 0 Å². The van der Waals surface area contributed by atoms with Gasteiger partial charge in [-0.3, -0.25) is 9.59 Å². The second-order valence-electron chi connectivity index (χ2n) is 7.95. The molecule has 2 fully saturated rings. The predicted molar refractivity (Wildman–Crippen MR) is 99.0 cm³/mol. The van der Waals surface area contributed by atoms with Gasteiger partial charge in [0.15, 0.2) is 0 Å². The first kappa shape index (κ1) is 21.2. The van der Waals surface area contributed by atoms with Crippen LogP contribution in [-0.2, 0) is 9.59 Å². The second-order valence-corrected chi connectivity index (χ2v) is 7.95. The highest BCUT2D eigenvalue weighted by molar-refractivity contribution is 5.85. The topological polar surface area (TPSA) is 66.6 Å². The van der Waals surface area contributed by atoms with Crippen molar-refractivity contribution in [1.29, 1.82) is 0 Å². The van der Waals surface area contributed by atoms with E-state index in [0.717, 1.165) is 38.5 Å². The Bertz CT molecular complexity index is 446. The summed E-state index contributed by atoms with van der Waals surface area (Å²) < 4.78 is 0. The summed E-state index contributed by atoms with van der Waals surface area (Å²) in [6.07, 6.45) is 5.59.